The van der Waals surface area contributed by atoms with Crippen LogP contribution in [0, 0.1) is 0 Å². The van der Waals surface area contributed by atoms with Crippen molar-refractivity contribution in [3.63, 3.8) is 0 Å². The van der Waals surface area contributed by atoms with Gasteiger partial charge in [0.1, 0.15) is 41.0 Å². The maximum absolute atomic E-state index is 5.71. The van der Waals surface area contributed by atoms with Crippen molar-refractivity contribution < 1.29 is 13.5 Å². The molecule has 5 heterocycles. The molecule has 33 heavy (non-hydrogen) atoms. The van der Waals surface area contributed by atoms with Gasteiger partial charge in [-0.1, -0.05) is 40.6 Å². The van der Waals surface area contributed by atoms with E-state index in [1.165, 1.54) is 37.0 Å². The first kappa shape index (κ1) is 19.1. The zero-order chi connectivity index (χ0) is 22.0. The van der Waals surface area contributed by atoms with Crippen molar-refractivity contribution in [1.29, 1.82) is 0 Å². The number of nitrogens with one attached hydrogen (secondary N) is 1. The van der Waals surface area contributed by atoms with E-state index in [-0.39, 0.29) is 0 Å². The van der Waals surface area contributed by atoms with E-state index in [1.807, 2.05) is 36.4 Å². The molecule has 0 aliphatic rings. The summed E-state index contributed by atoms with van der Waals surface area (Å²) in [6.07, 6.45) is 7.33. The number of benzene rings is 1. The molecule has 0 saturated heterocycles. The van der Waals surface area contributed by atoms with Crippen molar-refractivity contribution >= 4 is 11.8 Å². The summed E-state index contributed by atoms with van der Waals surface area (Å²) in [5.41, 5.74) is 4.74. The minimum atomic E-state index is 0.342. The van der Waals surface area contributed by atoms with Gasteiger partial charge in [0.05, 0.1) is 11.3 Å². The summed E-state index contributed by atoms with van der Waals surface area (Å²) in [6, 6.07) is 11.7. The van der Waals surface area contributed by atoms with Crippen molar-refractivity contribution in [3.8, 4) is 45.3 Å². The number of nitrogens with zero attached hydrogens (tertiary/aromatic N) is 7. The average Bonchev–Trinajstić information content (AvgIpc) is 3.66. The molecule has 0 spiro atoms. The number of aromatic amines is 1. The van der Waals surface area contributed by atoms with Crippen molar-refractivity contribution in [1.82, 2.24) is 40.4 Å². The third kappa shape index (κ3) is 3.57. The highest BCUT2D eigenvalue weighted by molar-refractivity contribution is 7.99. The van der Waals surface area contributed by atoms with Crippen LogP contribution in [0.15, 0.2) is 91.6 Å². The maximum atomic E-state index is 5.71. The van der Waals surface area contributed by atoms with E-state index in [9.17, 15) is 0 Å². The van der Waals surface area contributed by atoms with Crippen LogP contribution in [0.1, 0.15) is 0 Å². The number of hydrogen-bond acceptors (Lipinski definition) is 11. The van der Waals surface area contributed by atoms with Crippen LogP contribution in [0.3, 0.4) is 0 Å². The average molecular weight is 456 g/mol. The number of rotatable bonds is 6. The standard InChI is InChI=1S/C21H12N8O3S/c1-2-4-12(5-3-1)16-18(14-6-7-25-27-14)22-10-23-20(16)33-21-26-15(9-30-21)17-13(8-31-28-17)19-24-11-32-29-19/h1-11H,(H,25,27). The first-order valence-electron chi connectivity index (χ1n) is 9.62. The zero-order valence-corrected chi connectivity index (χ0v) is 17.4. The lowest BCUT2D eigenvalue weighted by atomic mass is 10.0. The Morgan fingerprint density at radius 2 is 1.82 bits per heavy atom. The molecule has 160 valence electrons. The van der Waals surface area contributed by atoms with Crippen LogP contribution < -0.4 is 0 Å². The summed E-state index contributed by atoms with van der Waals surface area (Å²) in [4.78, 5) is 17.6. The lowest BCUT2D eigenvalue weighted by Crippen LogP contribution is -1.95. The molecule has 1 aromatic carbocycles. The first-order valence-corrected chi connectivity index (χ1v) is 10.4. The summed E-state index contributed by atoms with van der Waals surface area (Å²) in [5, 5.41) is 15.9. The Labute approximate surface area is 189 Å². The Morgan fingerprint density at radius 3 is 2.64 bits per heavy atom. The summed E-state index contributed by atoms with van der Waals surface area (Å²) in [7, 11) is 0. The Kier molecular flexibility index (Phi) is 4.73. The highest BCUT2D eigenvalue weighted by Crippen LogP contribution is 2.39. The van der Waals surface area contributed by atoms with Gasteiger partial charge in [0.25, 0.3) is 5.22 Å². The predicted octanol–water partition coefficient (Wildman–Crippen LogP) is 4.38. The number of hydrogen-bond donors (Lipinski definition) is 1. The van der Waals surface area contributed by atoms with Crippen LogP contribution >= 0.6 is 11.8 Å². The van der Waals surface area contributed by atoms with Crippen LogP contribution in [-0.4, -0.2) is 40.4 Å². The second-order valence-corrected chi connectivity index (χ2v) is 7.61. The largest absolute Gasteiger partial charge is 0.439 e. The Balaban J connectivity index is 1.39. The molecule has 0 aliphatic carbocycles. The maximum Gasteiger partial charge on any atom is 0.262 e. The van der Waals surface area contributed by atoms with E-state index in [0.29, 0.717) is 33.0 Å². The summed E-state index contributed by atoms with van der Waals surface area (Å²) in [6.45, 7) is 0. The third-order valence-corrected chi connectivity index (χ3v) is 5.58. The van der Waals surface area contributed by atoms with Gasteiger partial charge >= 0.3 is 0 Å². The summed E-state index contributed by atoms with van der Waals surface area (Å²) >= 11 is 1.27. The fourth-order valence-corrected chi connectivity index (χ4v) is 4.09. The molecule has 0 fully saturated rings. The Bertz CT molecular complexity index is 1490. The Hall–Kier alpha value is -4.58. The van der Waals surface area contributed by atoms with Crippen LogP contribution in [0.25, 0.3) is 45.3 Å². The van der Waals surface area contributed by atoms with E-state index in [1.54, 1.807) is 6.20 Å². The highest BCUT2D eigenvalue weighted by Gasteiger charge is 2.22. The quantitative estimate of drug-likeness (QED) is 0.356. The van der Waals surface area contributed by atoms with Gasteiger partial charge in [-0.2, -0.15) is 10.1 Å². The SMILES string of the molecule is c1ccc(-c2c(Sc3nc(-c4nocc4-c4ncon4)co3)ncnc2-c2ccn[nH]2)cc1. The van der Waals surface area contributed by atoms with E-state index in [4.69, 9.17) is 13.5 Å². The van der Waals surface area contributed by atoms with Crippen LogP contribution in [-0.2, 0) is 0 Å². The van der Waals surface area contributed by atoms with Gasteiger partial charge in [-0.15, -0.1) is 0 Å². The van der Waals surface area contributed by atoms with Gasteiger partial charge < -0.3 is 13.5 Å². The topological polar surface area (TPSA) is 145 Å². The predicted molar refractivity (Wildman–Crippen MR) is 114 cm³/mol. The number of aromatic nitrogens is 8. The third-order valence-electron chi connectivity index (χ3n) is 4.71. The molecule has 6 rings (SSSR count). The molecule has 0 atom stereocenters. The van der Waals surface area contributed by atoms with Gasteiger partial charge in [-0.3, -0.25) is 5.10 Å². The van der Waals surface area contributed by atoms with Crippen molar-refractivity contribution in [2.24, 2.45) is 0 Å². The lowest BCUT2D eigenvalue weighted by Gasteiger charge is -2.11. The molecule has 5 aromatic heterocycles. The molecule has 11 nitrogen and oxygen atoms in total. The molecule has 12 heteroatoms. The highest BCUT2D eigenvalue weighted by atomic mass is 32.2. The van der Waals surface area contributed by atoms with Gasteiger partial charge in [-0.05, 0) is 23.4 Å². The molecule has 0 unspecified atom stereocenters. The monoisotopic (exact) mass is 456 g/mol. The van der Waals surface area contributed by atoms with Crippen molar-refractivity contribution in [2.45, 2.75) is 10.2 Å². The fraction of sp³-hybridized carbons (Fsp3) is 0. The summed E-state index contributed by atoms with van der Waals surface area (Å²) < 4.78 is 15.6. The molecule has 0 aliphatic heterocycles. The summed E-state index contributed by atoms with van der Waals surface area (Å²) in [5.74, 6) is 0.342. The van der Waals surface area contributed by atoms with Crippen molar-refractivity contribution in [3.05, 3.63) is 67.8 Å². The van der Waals surface area contributed by atoms with E-state index in [0.717, 1.165) is 22.5 Å². The van der Waals surface area contributed by atoms with Gasteiger partial charge in [0.15, 0.2) is 0 Å². The zero-order valence-electron chi connectivity index (χ0n) is 16.6. The van der Waals surface area contributed by atoms with Gasteiger partial charge in [0.2, 0.25) is 12.2 Å². The molecular weight excluding hydrogens is 444 g/mol. The van der Waals surface area contributed by atoms with Gasteiger partial charge in [-0.25, -0.2) is 15.0 Å². The number of H-pyrrole nitrogens is 1. The lowest BCUT2D eigenvalue weighted by molar-refractivity contribution is 0.417. The Morgan fingerprint density at radius 1 is 0.879 bits per heavy atom. The fourth-order valence-electron chi connectivity index (χ4n) is 3.27. The minimum absolute atomic E-state index is 0.342. The van der Waals surface area contributed by atoms with Crippen LogP contribution in [0.4, 0.5) is 0 Å². The van der Waals surface area contributed by atoms with Gasteiger partial charge in [0, 0.05) is 11.8 Å². The second kappa shape index (κ2) is 8.16. The van der Waals surface area contributed by atoms with Crippen LogP contribution in [0.2, 0.25) is 0 Å². The molecular formula is C21H12N8O3S. The molecule has 0 bridgehead atoms. The molecule has 0 radical (unpaired) electrons. The molecule has 6 aromatic rings. The smallest absolute Gasteiger partial charge is 0.262 e. The normalized spacial score (nSPS) is 11.2. The number of oxazole rings is 1. The second-order valence-electron chi connectivity index (χ2n) is 6.67. The van der Waals surface area contributed by atoms with E-state index < -0.39 is 0 Å². The van der Waals surface area contributed by atoms with Crippen LogP contribution in [0.5, 0.6) is 0 Å². The van der Waals surface area contributed by atoms with Crippen molar-refractivity contribution in [2.75, 3.05) is 0 Å². The minimum Gasteiger partial charge on any atom is -0.439 e. The molecule has 1 N–H and O–H groups in total. The first-order chi connectivity index (χ1) is 16.4. The van der Waals surface area contributed by atoms with E-state index >= 15 is 0 Å². The molecule has 0 saturated carbocycles. The van der Waals surface area contributed by atoms with E-state index in [2.05, 4.69) is 40.4 Å². The molecule has 0 amide bonds.